The van der Waals surface area contributed by atoms with Crippen LogP contribution in [0.2, 0.25) is 0 Å². The number of aliphatic hydroxyl groups excluding tert-OH is 1. The third kappa shape index (κ3) is 6.22. The molecule has 2 aromatic carbocycles. The number of nitrogens with zero attached hydrogens (tertiary/aromatic N) is 2. The maximum Gasteiger partial charge on any atom is 0.296 e. The van der Waals surface area contributed by atoms with E-state index in [-0.39, 0.29) is 17.9 Å². The molecule has 1 unspecified atom stereocenters. The number of carbonyl (C=O) groups excluding carboxylic acids is 2. The first-order chi connectivity index (χ1) is 18.2. The number of hydrogen-bond acceptors (Lipinski definition) is 6. The number of pyridine rings is 1. The van der Waals surface area contributed by atoms with E-state index in [1.807, 2.05) is 44.2 Å². The van der Waals surface area contributed by atoms with Gasteiger partial charge in [0.1, 0.15) is 17.3 Å². The van der Waals surface area contributed by atoms with Gasteiger partial charge in [0.25, 0.3) is 11.7 Å². The Bertz CT molecular complexity index is 1320. The molecule has 3 aromatic rings. The van der Waals surface area contributed by atoms with Gasteiger partial charge in [-0.05, 0) is 53.8 Å². The minimum absolute atomic E-state index is 0.0213. The molecule has 1 aromatic heterocycles. The van der Waals surface area contributed by atoms with Crippen molar-refractivity contribution in [2.75, 3.05) is 13.2 Å². The lowest BCUT2D eigenvalue weighted by molar-refractivity contribution is -0.140. The van der Waals surface area contributed by atoms with E-state index in [0.717, 1.165) is 0 Å². The lowest BCUT2D eigenvalue weighted by Crippen LogP contribution is -2.29. The molecule has 1 aliphatic heterocycles. The first kappa shape index (κ1) is 26.9. The van der Waals surface area contributed by atoms with Crippen LogP contribution in [0.15, 0.2) is 78.5 Å². The zero-order valence-electron chi connectivity index (χ0n) is 22.3. The van der Waals surface area contributed by atoms with Gasteiger partial charge in [0.05, 0.1) is 37.1 Å². The Morgan fingerprint density at radius 2 is 1.55 bits per heavy atom. The number of amides is 1. The number of aliphatic hydroxyl groups is 1. The number of carbonyl (C=O) groups is 2. The maximum atomic E-state index is 13.4. The summed E-state index contributed by atoms with van der Waals surface area (Å²) in [5.41, 5.74) is 1.72. The second-order valence-corrected chi connectivity index (χ2v) is 10.3. The summed E-state index contributed by atoms with van der Waals surface area (Å²) >= 11 is 0. The largest absolute Gasteiger partial charge is 0.507 e. The molecule has 1 atom stereocenters. The molecule has 7 heteroatoms. The van der Waals surface area contributed by atoms with Crippen LogP contribution in [0.4, 0.5) is 0 Å². The second kappa shape index (κ2) is 11.9. The van der Waals surface area contributed by atoms with Crippen molar-refractivity contribution in [2.24, 2.45) is 11.8 Å². The summed E-state index contributed by atoms with van der Waals surface area (Å²) in [4.78, 5) is 32.5. The van der Waals surface area contributed by atoms with Gasteiger partial charge < -0.3 is 19.5 Å². The van der Waals surface area contributed by atoms with Gasteiger partial charge in [0.2, 0.25) is 0 Å². The highest BCUT2D eigenvalue weighted by Crippen LogP contribution is 2.41. The lowest BCUT2D eigenvalue weighted by Gasteiger charge is -2.25. The predicted octanol–water partition coefficient (Wildman–Crippen LogP) is 5.77. The fourth-order valence-electron chi connectivity index (χ4n) is 4.24. The van der Waals surface area contributed by atoms with E-state index in [9.17, 15) is 14.7 Å². The molecule has 38 heavy (non-hydrogen) atoms. The highest BCUT2D eigenvalue weighted by molar-refractivity contribution is 6.46. The average molecular weight is 515 g/mol. The lowest BCUT2D eigenvalue weighted by atomic mass is 9.95. The minimum atomic E-state index is -0.820. The van der Waals surface area contributed by atoms with Crippen LogP contribution in [0.3, 0.4) is 0 Å². The third-order valence-corrected chi connectivity index (χ3v) is 6.05. The Labute approximate surface area is 223 Å². The molecule has 0 radical (unpaired) electrons. The summed E-state index contributed by atoms with van der Waals surface area (Å²) in [6.07, 6.45) is 1.64. The molecule has 7 nitrogen and oxygen atoms in total. The molecule has 198 valence electrons. The maximum absolute atomic E-state index is 13.4. The molecule has 0 spiro atoms. The summed E-state index contributed by atoms with van der Waals surface area (Å²) in [6.45, 7) is 9.37. The Morgan fingerprint density at radius 1 is 0.895 bits per heavy atom. The van der Waals surface area contributed by atoms with Crippen molar-refractivity contribution in [1.29, 1.82) is 0 Å². The van der Waals surface area contributed by atoms with Crippen LogP contribution in [0.25, 0.3) is 5.76 Å². The Morgan fingerprint density at radius 3 is 2.18 bits per heavy atom. The molecule has 1 amide bonds. The first-order valence-corrected chi connectivity index (χ1v) is 12.9. The SMILES string of the molecule is CC(C)COc1cccc(/C(O)=C2/C(=O)C(=O)N(Cc3ccccn3)C2c2cccc(OCC(C)C)c2)c1. The van der Waals surface area contributed by atoms with E-state index in [0.29, 0.717) is 53.4 Å². The van der Waals surface area contributed by atoms with E-state index < -0.39 is 17.7 Å². The van der Waals surface area contributed by atoms with Crippen LogP contribution in [0.5, 0.6) is 11.5 Å². The van der Waals surface area contributed by atoms with Crippen molar-refractivity contribution >= 4 is 17.4 Å². The van der Waals surface area contributed by atoms with Crippen LogP contribution in [0, 0.1) is 11.8 Å². The first-order valence-electron chi connectivity index (χ1n) is 12.9. The second-order valence-electron chi connectivity index (χ2n) is 10.3. The van der Waals surface area contributed by atoms with E-state index in [2.05, 4.69) is 18.8 Å². The van der Waals surface area contributed by atoms with Gasteiger partial charge in [0, 0.05) is 11.8 Å². The van der Waals surface area contributed by atoms with Crippen LogP contribution in [0.1, 0.15) is 50.6 Å². The van der Waals surface area contributed by atoms with Gasteiger partial charge in [-0.25, -0.2) is 0 Å². The van der Waals surface area contributed by atoms with Crippen molar-refractivity contribution in [3.63, 3.8) is 0 Å². The summed E-state index contributed by atoms with van der Waals surface area (Å²) in [6, 6.07) is 18.9. The molecular weight excluding hydrogens is 480 g/mol. The average Bonchev–Trinajstić information content (AvgIpc) is 3.16. The smallest absolute Gasteiger partial charge is 0.296 e. The molecule has 1 saturated heterocycles. The normalized spacial score (nSPS) is 16.9. The molecule has 4 rings (SSSR count). The van der Waals surface area contributed by atoms with Gasteiger partial charge in [-0.3, -0.25) is 14.6 Å². The number of hydrogen-bond donors (Lipinski definition) is 1. The van der Waals surface area contributed by atoms with Gasteiger partial charge >= 0.3 is 0 Å². The minimum Gasteiger partial charge on any atom is -0.507 e. The fourth-order valence-corrected chi connectivity index (χ4v) is 4.24. The standard InChI is InChI=1S/C31H34N2O5/c1-20(2)18-37-25-12-7-9-22(15-25)28-27(29(34)23-10-8-13-26(16-23)38-19-21(3)4)30(35)31(36)33(28)17-24-11-5-6-14-32-24/h5-16,20-21,28,34H,17-19H2,1-4H3/b29-27-. The zero-order chi connectivity index (χ0) is 27.2. The van der Waals surface area contributed by atoms with Crippen LogP contribution >= 0.6 is 0 Å². The summed E-state index contributed by atoms with van der Waals surface area (Å²) in [5.74, 6) is 0.177. The van der Waals surface area contributed by atoms with E-state index in [4.69, 9.17) is 9.47 Å². The van der Waals surface area contributed by atoms with Crippen LogP contribution < -0.4 is 9.47 Å². The number of aromatic nitrogens is 1. The summed E-state index contributed by atoms with van der Waals surface area (Å²) in [7, 11) is 0. The van der Waals surface area contributed by atoms with Crippen molar-refractivity contribution in [3.05, 3.63) is 95.3 Å². The quantitative estimate of drug-likeness (QED) is 0.210. The molecule has 0 aliphatic carbocycles. The van der Waals surface area contributed by atoms with E-state index in [1.165, 1.54) is 4.90 Å². The van der Waals surface area contributed by atoms with Gasteiger partial charge in [-0.1, -0.05) is 58.0 Å². The van der Waals surface area contributed by atoms with Gasteiger partial charge in [0.15, 0.2) is 0 Å². The molecule has 2 heterocycles. The summed E-state index contributed by atoms with van der Waals surface area (Å²) in [5, 5.41) is 11.4. The number of ketones is 1. The number of rotatable bonds is 10. The molecule has 1 aliphatic rings. The molecule has 1 N–H and O–H groups in total. The molecule has 0 saturated carbocycles. The number of Topliss-reactive ketones (excluding diaryl/α,β-unsaturated/α-hetero) is 1. The third-order valence-electron chi connectivity index (χ3n) is 6.05. The molecule has 1 fully saturated rings. The van der Waals surface area contributed by atoms with Crippen molar-refractivity contribution < 1.29 is 24.2 Å². The highest BCUT2D eigenvalue weighted by atomic mass is 16.5. The number of ether oxygens (including phenoxy) is 2. The van der Waals surface area contributed by atoms with Crippen molar-refractivity contribution in [1.82, 2.24) is 9.88 Å². The number of likely N-dealkylation sites (tertiary alicyclic amines) is 1. The molecule has 0 bridgehead atoms. The van der Waals surface area contributed by atoms with E-state index >= 15 is 0 Å². The Hall–Kier alpha value is -4.13. The van der Waals surface area contributed by atoms with Gasteiger partial charge in [-0.15, -0.1) is 0 Å². The Balaban J connectivity index is 1.79. The Kier molecular flexibility index (Phi) is 8.46. The van der Waals surface area contributed by atoms with E-state index in [1.54, 1.807) is 42.6 Å². The fraction of sp³-hybridized carbons (Fsp3) is 0.323. The van der Waals surface area contributed by atoms with Gasteiger partial charge in [-0.2, -0.15) is 0 Å². The van der Waals surface area contributed by atoms with Crippen LogP contribution in [-0.2, 0) is 16.1 Å². The molecular formula is C31H34N2O5. The zero-order valence-corrected chi connectivity index (χ0v) is 22.3. The van der Waals surface area contributed by atoms with Crippen molar-refractivity contribution in [3.8, 4) is 11.5 Å². The number of benzene rings is 2. The predicted molar refractivity (Wildman–Crippen MR) is 146 cm³/mol. The highest BCUT2D eigenvalue weighted by Gasteiger charge is 2.46. The topological polar surface area (TPSA) is 89.0 Å². The summed E-state index contributed by atoms with van der Waals surface area (Å²) < 4.78 is 11.7. The monoisotopic (exact) mass is 514 g/mol. The van der Waals surface area contributed by atoms with Crippen LogP contribution in [-0.4, -0.2) is 39.9 Å². The van der Waals surface area contributed by atoms with Crippen molar-refractivity contribution in [2.45, 2.75) is 40.3 Å².